The van der Waals surface area contributed by atoms with E-state index in [0.717, 1.165) is 11.3 Å². The number of nitrogen functional groups attached to an aromatic ring is 1. The van der Waals surface area contributed by atoms with E-state index in [-0.39, 0.29) is 27.4 Å². The van der Waals surface area contributed by atoms with Gasteiger partial charge in [-0.25, -0.2) is 9.78 Å². The molecular formula is C20H21N7O11S2. The number of nitrogens with zero attached hydrogens (tertiary/aromatic N) is 4. The Hall–Kier alpha value is -4.69. The van der Waals surface area contributed by atoms with Crippen LogP contribution in [0.5, 0.6) is 0 Å². The number of esters is 1. The molecule has 0 spiro atoms. The number of hydrogen-bond acceptors (Lipinski definition) is 14. The standard InChI is InChI=1S/C20H21N7O11S2/c1-20(2,18(31)37-7-9-3-5-10(6-4-9)27(32)33)38-25-12(11-8-39-19(22)23-11)16(29)24-13-14(15(21)28)26(17(13)30)40(34,35)36/h3-6,8,13-14H,7H2,1-2H3,(H2,21,28)(H2,22,23)(H,24,29)(H,34,35,36)/t13-,14+/m0/s1. The summed E-state index contributed by atoms with van der Waals surface area (Å²) in [6.45, 7) is 2.23. The molecule has 1 aromatic heterocycles. The van der Waals surface area contributed by atoms with Gasteiger partial charge in [-0.1, -0.05) is 5.16 Å². The topological polar surface area (TPSA) is 277 Å². The third-order valence-corrected chi connectivity index (χ3v) is 6.81. The van der Waals surface area contributed by atoms with E-state index in [1.807, 2.05) is 0 Å². The number of hydrogen-bond donors (Lipinski definition) is 4. The second-order valence-electron chi connectivity index (χ2n) is 8.52. The van der Waals surface area contributed by atoms with Gasteiger partial charge in [-0.3, -0.25) is 29.1 Å². The molecule has 1 saturated heterocycles. The maximum Gasteiger partial charge on any atom is 0.363 e. The molecule has 0 aliphatic carbocycles. The van der Waals surface area contributed by atoms with E-state index in [2.05, 4.69) is 15.5 Å². The molecule has 2 atom stereocenters. The summed E-state index contributed by atoms with van der Waals surface area (Å²) in [7, 11) is -5.15. The molecule has 18 nitrogen and oxygen atoms in total. The van der Waals surface area contributed by atoms with Crippen LogP contribution in [0, 0.1) is 10.1 Å². The predicted molar refractivity (Wildman–Crippen MR) is 134 cm³/mol. The van der Waals surface area contributed by atoms with Crippen molar-refractivity contribution in [3.63, 3.8) is 0 Å². The van der Waals surface area contributed by atoms with Crippen LogP contribution in [0.15, 0.2) is 34.8 Å². The van der Waals surface area contributed by atoms with Gasteiger partial charge in [0.05, 0.1) is 4.92 Å². The van der Waals surface area contributed by atoms with Crippen LogP contribution < -0.4 is 16.8 Å². The fraction of sp³-hybridized carbons (Fsp3) is 0.300. The Morgan fingerprint density at radius 1 is 1.30 bits per heavy atom. The van der Waals surface area contributed by atoms with Gasteiger partial charge in [0.25, 0.3) is 17.5 Å². The Balaban J connectivity index is 1.77. The lowest BCUT2D eigenvalue weighted by molar-refractivity contribution is -0.384. The van der Waals surface area contributed by atoms with E-state index >= 15 is 0 Å². The number of ether oxygens (including phenoxy) is 1. The van der Waals surface area contributed by atoms with Crippen LogP contribution in [0.4, 0.5) is 10.8 Å². The fourth-order valence-corrected chi connectivity index (χ4v) is 4.59. The zero-order valence-electron chi connectivity index (χ0n) is 20.5. The number of nitro groups is 1. The third-order valence-electron chi connectivity index (χ3n) is 5.23. The van der Waals surface area contributed by atoms with Gasteiger partial charge in [0.1, 0.15) is 18.3 Å². The number of carbonyl (C=O) groups excluding carboxylic acids is 4. The summed E-state index contributed by atoms with van der Waals surface area (Å²) in [4.78, 5) is 68.9. The second-order valence-corrected chi connectivity index (χ2v) is 10.7. The number of primary amides is 1. The number of non-ortho nitro benzene ring substituents is 1. The Bertz CT molecular complexity index is 1500. The molecule has 214 valence electrons. The van der Waals surface area contributed by atoms with Crippen molar-refractivity contribution in [3.8, 4) is 0 Å². The number of nitro benzene ring substituents is 1. The first-order chi connectivity index (χ1) is 18.5. The Labute approximate surface area is 228 Å². The normalized spacial score (nSPS) is 17.5. The van der Waals surface area contributed by atoms with Crippen LogP contribution in [-0.4, -0.2) is 74.3 Å². The van der Waals surface area contributed by atoms with Crippen molar-refractivity contribution >= 4 is 61.9 Å². The fourth-order valence-electron chi connectivity index (χ4n) is 3.18. The van der Waals surface area contributed by atoms with Gasteiger partial charge >= 0.3 is 16.3 Å². The summed E-state index contributed by atoms with van der Waals surface area (Å²) >= 11 is 0.902. The smallest absolute Gasteiger partial charge is 0.363 e. The average molecular weight is 600 g/mol. The van der Waals surface area contributed by atoms with Gasteiger partial charge in [-0.15, -0.1) is 11.3 Å². The molecule has 6 N–H and O–H groups in total. The summed E-state index contributed by atoms with van der Waals surface area (Å²) in [5, 5.41) is 17.8. The van der Waals surface area contributed by atoms with Crippen molar-refractivity contribution in [2.75, 3.05) is 5.73 Å². The summed E-state index contributed by atoms with van der Waals surface area (Å²) in [5.41, 5.74) is 8.42. The van der Waals surface area contributed by atoms with E-state index in [9.17, 15) is 37.7 Å². The highest BCUT2D eigenvalue weighted by Crippen LogP contribution is 2.24. The molecule has 1 fully saturated rings. The third kappa shape index (κ3) is 6.47. The van der Waals surface area contributed by atoms with E-state index < -0.39 is 62.3 Å². The van der Waals surface area contributed by atoms with Crippen molar-refractivity contribution in [2.45, 2.75) is 38.1 Å². The number of nitrogens with one attached hydrogen (secondary N) is 1. The average Bonchev–Trinajstić information content (AvgIpc) is 3.28. The quantitative estimate of drug-likeness (QED) is 0.0594. The van der Waals surface area contributed by atoms with Crippen LogP contribution in [0.1, 0.15) is 25.1 Å². The van der Waals surface area contributed by atoms with E-state index in [0.29, 0.717) is 5.56 Å². The van der Waals surface area contributed by atoms with E-state index in [4.69, 9.17) is 25.6 Å². The molecule has 1 aliphatic heterocycles. The first-order valence-electron chi connectivity index (χ1n) is 10.8. The second kappa shape index (κ2) is 11.2. The lowest BCUT2D eigenvalue weighted by atomic mass is 9.98. The Morgan fingerprint density at radius 2 is 1.93 bits per heavy atom. The minimum absolute atomic E-state index is 0.00421. The number of β-lactam (4-membered cyclic amide) rings is 1. The first-order valence-corrected chi connectivity index (χ1v) is 13.1. The number of thiazole rings is 1. The SMILES string of the molecule is CC(C)(ON=C(C(=O)N[C@@H]1C(=O)N(S(=O)(=O)O)[C@H]1C(N)=O)c1csc(N)n1)C(=O)OCc1ccc([N+](=O)[O-])cc1. The molecule has 0 radical (unpaired) electrons. The number of anilines is 1. The number of rotatable bonds is 11. The van der Waals surface area contributed by atoms with Crippen LogP contribution in [-0.2, 0) is 45.7 Å². The number of aromatic nitrogens is 1. The maximum absolute atomic E-state index is 13.0. The highest BCUT2D eigenvalue weighted by Gasteiger charge is 2.57. The molecule has 0 bridgehead atoms. The Kier molecular flexibility index (Phi) is 8.36. The van der Waals surface area contributed by atoms with Gasteiger partial charge in [-0.2, -0.15) is 12.7 Å². The zero-order chi connectivity index (χ0) is 30.0. The molecule has 2 aromatic rings. The lowest BCUT2D eigenvalue weighted by Crippen LogP contribution is -2.75. The maximum atomic E-state index is 13.0. The molecule has 1 aliphatic rings. The van der Waals surface area contributed by atoms with Gasteiger partial charge in [0, 0.05) is 17.5 Å². The molecule has 3 rings (SSSR count). The summed E-state index contributed by atoms with van der Waals surface area (Å²) in [6, 6.07) is 1.51. The van der Waals surface area contributed by atoms with Crippen molar-refractivity contribution in [2.24, 2.45) is 10.9 Å². The minimum Gasteiger partial charge on any atom is -0.458 e. The van der Waals surface area contributed by atoms with Crippen LogP contribution in [0.2, 0.25) is 0 Å². The van der Waals surface area contributed by atoms with Gasteiger partial charge in [0.15, 0.2) is 16.9 Å². The molecule has 40 heavy (non-hydrogen) atoms. The Morgan fingerprint density at radius 3 is 2.42 bits per heavy atom. The molecular weight excluding hydrogens is 578 g/mol. The predicted octanol–water partition coefficient (Wildman–Crippen LogP) is -1.14. The van der Waals surface area contributed by atoms with Crippen molar-refractivity contribution in [1.82, 2.24) is 14.6 Å². The molecule has 2 heterocycles. The molecule has 0 unspecified atom stereocenters. The largest absolute Gasteiger partial charge is 0.458 e. The molecule has 3 amide bonds. The van der Waals surface area contributed by atoms with Gasteiger partial charge in [-0.05, 0) is 31.5 Å². The summed E-state index contributed by atoms with van der Waals surface area (Å²) in [6.07, 6.45) is 0. The summed E-state index contributed by atoms with van der Waals surface area (Å²) in [5.74, 6) is -4.83. The monoisotopic (exact) mass is 599 g/mol. The van der Waals surface area contributed by atoms with Crippen LogP contribution in [0.25, 0.3) is 0 Å². The highest BCUT2D eigenvalue weighted by atomic mass is 32.2. The highest BCUT2D eigenvalue weighted by molar-refractivity contribution is 7.84. The number of amides is 3. The lowest BCUT2D eigenvalue weighted by Gasteiger charge is -2.41. The molecule has 0 saturated carbocycles. The van der Waals surface area contributed by atoms with Crippen molar-refractivity contribution in [1.29, 1.82) is 0 Å². The summed E-state index contributed by atoms with van der Waals surface area (Å²) < 4.78 is 36.9. The number of nitrogens with two attached hydrogens (primary N) is 2. The molecule has 1 aromatic carbocycles. The van der Waals surface area contributed by atoms with Crippen LogP contribution >= 0.6 is 11.3 Å². The zero-order valence-corrected chi connectivity index (χ0v) is 22.2. The minimum atomic E-state index is -5.15. The van der Waals surface area contributed by atoms with Crippen molar-refractivity contribution in [3.05, 3.63) is 51.0 Å². The van der Waals surface area contributed by atoms with Crippen LogP contribution in [0.3, 0.4) is 0 Å². The number of carbonyl (C=O) groups is 4. The van der Waals surface area contributed by atoms with E-state index in [1.54, 1.807) is 0 Å². The van der Waals surface area contributed by atoms with Gasteiger partial charge in [0.2, 0.25) is 11.5 Å². The van der Waals surface area contributed by atoms with E-state index in [1.165, 1.54) is 43.5 Å². The van der Waals surface area contributed by atoms with Crippen molar-refractivity contribution < 1.29 is 46.6 Å². The molecule has 20 heteroatoms. The van der Waals surface area contributed by atoms with Gasteiger partial charge < -0.3 is 26.4 Å². The number of oxime groups is 1. The number of benzene rings is 1. The first kappa shape index (κ1) is 29.9.